The predicted molar refractivity (Wildman–Crippen MR) is 108 cm³/mol. The van der Waals surface area contributed by atoms with Crippen molar-refractivity contribution < 1.29 is 4.79 Å². The second kappa shape index (κ2) is 7.60. The van der Waals surface area contributed by atoms with Gasteiger partial charge in [0.15, 0.2) is 0 Å². The number of imidazole rings is 1. The molecule has 3 heterocycles. The first-order valence-corrected chi connectivity index (χ1v) is 10.1. The SMILES string of the molecule is Cc1cccc2[nH]c(C3CCN(C(=O)CN4CCC(N(C)C)C4)CC3)nc12. The normalized spacial score (nSPS) is 22.2. The molecular weight excluding hydrogens is 338 g/mol. The Morgan fingerprint density at radius 3 is 2.67 bits per heavy atom. The third kappa shape index (κ3) is 3.87. The summed E-state index contributed by atoms with van der Waals surface area (Å²) in [5.41, 5.74) is 3.41. The number of carbonyl (C=O) groups is 1. The fourth-order valence-electron chi connectivity index (χ4n) is 4.46. The van der Waals surface area contributed by atoms with E-state index in [1.165, 1.54) is 5.56 Å². The molecule has 146 valence electrons. The molecule has 2 aromatic rings. The van der Waals surface area contributed by atoms with Crippen LogP contribution in [0, 0.1) is 6.92 Å². The molecule has 0 radical (unpaired) electrons. The molecule has 0 spiro atoms. The number of rotatable bonds is 4. The zero-order valence-electron chi connectivity index (χ0n) is 16.7. The van der Waals surface area contributed by atoms with Gasteiger partial charge in [0.1, 0.15) is 5.82 Å². The number of likely N-dealkylation sites (tertiary alicyclic amines) is 2. The van der Waals surface area contributed by atoms with E-state index in [2.05, 4.69) is 54.0 Å². The van der Waals surface area contributed by atoms with Gasteiger partial charge in [0.2, 0.25) is 5.91 Å². The van der Waals surface area contributed by atoms with Crippen LogP contribution in [0.4, 0.5) is 0 Å². The molecule has 2 fully saturated rings. The van der Waals surface area contributed by atoms with E-state index in [1.54, 1.807) is 0 Å². The number of H-pyrrole nitrogens is 1. The molecule has 6 heteroatoms. The molecule has 1 N–H and O–H groups in total. The molecule has 1 atom stereocenters. The van der Waals surface area contributed by atoms with Gasteiger partial charge in [-0.3, -0.25) is 9.69 Å². The van der Waals surface area contributed by atoms with Gasteiger partial charge in [-0.15, -0.1) is 0 Å². The second-order valence-electron chi connectivity index (χ2n) is 8.39. The Labute approximate surface area is 161 Å². The van der Waals surface area contributed by atoms with Crippen molar-refractivity contribution in [2.75, 3.05) is 46.8 Å². The lowest BCUT2D eigenvalue weighted by atomic mass is 9.96. The molecule has 1 amide bonds. The van der Waals surface area contributed by atoms with Crippen molar-refractivity contribution in [1.29, 1.82) is 0 Å². The van der Waals surface area contributed by atoms with Crippen molar-refractivity contribution in [2.45, 2.75) is 38.1 Å². The fraction of sp³-hybridized carbons (Fsp3) is 0.619. The summed E-state index contributed by atoms with van der Waals surface area (Å²) in [5, 5.41) is 0. The van der Waals surface area contributed by atoms with Gasteiger partial charge < -0.3 is 14.8 Å². The second-order valence-corrected chi connectivity index (χ2v) is 8.39. The molecule has 1 unspecified atom stereocenters. The lowest BCUT2D eigenvalue weighted by Crippen LogP contribution is -2.44. The molecule has 0 bridgehead atoms. The van der Waals surface area contributed by atoms with E-state index < -0.39 is 0 Å². The lowest BCUT2D eigenvalue weighted by Gasteiger charge is -2.32. The minimum atomic E-state index is 0.285. The third-order valence-corrected chi connectivity index (χ3v) is 6.30. The number of amides is 1. The summed E-state index contributed by atoms with van der Waals surface area (Å²) in [5.74, 6) is 1.79. The van der Waals surface area contributed by atoms with Crippen LogP contribution in [0.2, 0.25) is 0 Å². The number of hydrogen-bond acceptors (Lipinski definition) is 4. The average Bonchev–Trinajstić information content (AvgIpc) is 3.30. The van der Waals surface area contributed by atoms with Crippen molar-refractivity contribution in [3.8, 4) is 0 Å². The van der Waals surface area contributed by atoms with E-state index in [0.717, 1.165) is 62.3 Å². The smallest absolute Gasteiger partial charge is 0.236 e. The Hall–Kier alpha value is -1.92. The number of aryl methyl sites for hydroxylation is 1. The topological polar surface area (TPSA) is 55.5 Å². The van der Waals surface area contributed by atoms with Crippen molar-refractivity contribution in [3.63, 3.8) is 0 Å². The van der Waals surface area contributed by atoms with Crippen molar-refractivity contribution in [3.05, 3.63) is 29.6 Å². The summed E-state index contributed by atoms with van der Waals surface area (Å²) >= 11 is 0. The Bertz CT molecular complexity index is 806. The van der Waals surface area contributed by atoms with Gasteiger partial charge in [-0.1, -0.05) is 12.1 Å². The summed E-state index contributed by atoms with van der Waals surface area (Å²) < 4.78 is 0. The number of piperidine rings is 1. The number of carbonyl (C=O) groups excluding carboxylic acids is 1. The van der Waals surface area contributed by atoms with Crippen LogP contribution in [0.3, 0.4) is 0 Å². The average molecular weight is 370 g/mol. The van der Waals surface area contributed by atoms with Crippen LogP contribution >= 0.6 is 0 Å². The number of fused-ring (bicyclic) bond motifs is 1. The van der Waals surface area contributed by atoms with Gasteiger partial charge in [-0.2, -0.15) is 0 Å². The van der Waals surface area contributed by atoms with E-state index in [1.807, 2.05) is 4.90 Å². The van der Waals surface area contributed by atoms with Crippen molar-refractivity contribution >= 4 is 16.9 Å². The van der Waals surface area contributed by atoms with E-state index in [-0.39, 0.29) is 5.91 Å². The van der Waals surface area contributed by atoms with Crippen LogP contribution in [0.5, 0.6) is 0 Å². The molecular formula is C21H31N5O. The Kier molecular flexibility index (Phi) is 5.19. The zero-order chi connectivity index (χ0) is 19.0. The van der Waals surface area contributed by atoms with Gasteiger partial charge >= 0.3 is 0 Å². The number of nitrogens with zero attached hydrogens (tertiary/aromatic N) is 4. The first-order valence-electron chi connectivity index (χ1n) is 10.1. The summed E-state index contributed by atoms with van der Waals surface area (Å²) in [4.78, 5) is 27.7. The monoisotopic (exact) mass is 369 g/mol. The van der Waals surface area contributed by atoms with Crippen LogP contribution < -0.4 is 0 Å². The highest BCUT2D eigenvalue weighted by Crippen LogP contribution is 2.28. The number of likely N-dealkylation sites (N-methyl/N-ethyl adjacent to an activating group) is 1. The number of aromatic nitrogens is 2. The Morgan fingerprint density at radius 2 is 2.00 bits per heavy atom. The molecule has 1 aromatic heterocycles. The summed E-state index contributed by atoms with van der Waals surface area (Å²) in [6.45, 7) is 6.39. The van der Waals surface area contributed by atoms with Gasteiger partial charge in [-0.25, -0.2) is 4.98 Å². The van der Waals surface area contributed by atoms with Crippen LogP contribution in [0.15, 0.2) is 18.2 Å². The minimum Gasteiger partial charge on any atom is -0.342 e. The number of benzene rings is 1. The summed E-state index contributed by atoms with van der Waals surface area (Å²) in [6, 6.07) is 6.85. The predicted octanol–water partition coefficient (Wildman–Crippen LogP) is 2.21. The van der Waals surface area contributed by atoms with Crippen molar-refractivity contribution in [1.82, 2.24) is 24.7 Å². The van der Waals surface area contributed by atoms with Crippen LogP contribution in [-0.4, -0.2) is 83.4 Å². The third-order valence-electron chi connectivity index (χ3n) is 6.30. The number of nitrogens with one attached hydrogen (secondary N) is 1. The van der Waals surface area contributed by atoms with Gasteiger partial charge in [-0.05, 0) is 51.9 Å². The lowest BCUT2D eigenvalue weighted by molar-refractivity contribution is -0.133. The summed E-state index contributed by atoms with van der Waals surface area (Å²) in [6.07, 6.45) is 3.14. The van der Waals surface area contributed by atoms with E-state index >= 15 is 0 Å². The first-order chi connectivity index (χ1) is 13.0. The maximum Gasteiger partial charge on any atom is 0.236 e. The molecule has 1 aromatic carbocycles. The highest BCUT2D eigenvalue weighted by Gasteiger charge is 2.29. The van der Waals surface area contributed by atoms with Gasteiger partial charge in [0.25, 0.3) is 0 Å². The molecule has 0 aliphatic carbocycles. The maximum absolute atomic E-state index is 12.7. The molecule has 2 aliphatic heterocycles. The highest BCUT2D eigenvalue weighted by atomic mass is 16.2. The van der Waals surface area contributed by atoms with Crippen LogP contribution in [0.25, 0.3) is 11.0 Å². The van der Waals surface area contributed by atoms with Gasteiger partial charge in [0.05, 0.1) is 17.6 Å². The van der Waals surface area contributed by atoms with Crippen LogP contribution in [0.1, 0.15) is 36.6 Å². The maximum atomic E-state index is 12.7. The largest absolute Gasteiger partial charge is 0.342 e. The Balaban J connectivity index is 1.32. The van der Waals surface area contributed by atoms with Gasteiger partial charge in [0, 0.05) is 38.1 Å². The molecule has 4 rings (SSSR count). The first kappa shape index (κ1) is 18.4. The minimum absolute atomic E-state index is 0.285. The fourth-order valence-corrected chi connectivity index (χ4v) is 4.46. The molecule has 27 heavy (non-hydrogen) atoms. The molecule has 2 saturated heterocycles. The zero-order valence-corrected chi connectivity index (χ0v) is 16.7. The summed E-state index contributed by atoms with van der Waals surface area (Å²) in [7, 11) is 4.25. The van der Waals surface area contributed by atoms with E-state index in [0.29, 0.717) is 18.5 Å². The number of aromatic amines is 1. The molecule has 0 saturated carbocycles. The van der Waals surface area contributed by atoms with E-state index in [9.17, 15) is 4.79 Å². The number of para-hydroxylation sites is 1. The number of hydrogen-bond donors (Lipinski definition) is 1. The molecule has 6 nitrogen and oxygen atoms in total. The quantitative estimate of drug-likeness (QED) is 0.898. The standard InChI is InChI=1S/C21H31N5O/c1-15-5-4-6-18-20(15)23-21(22-18)16-7-11-26(12-8-16)19(27)14-25-10-9-17(13-25)24(2)3/h4-6,16-17H,7-14H2,1-3H3,(H,22,23). The molecule has 2 aliphatic rings. The van der Waals surface area contributed by atoms with E-state index in [4.69, 9.17) is 4.98 Å². The Morgan fingerprint density at radius 1 is 1.22 bits per heavy atom. The van der Waals surface area contributed by atoms with Crippen molar-refractivity contribution in [2.24, 2.45) is 0 Å². The highest BCUT2D eigenvalue weighted by molar-refractivity contribution is 5.79. The van der Waals surface area contributed by atoms with Crippen LogP contribution in [-0.2, 0) is 4.79 Å².